The fraction of sp³-hybridized carbons (Fsp3) is 0.300. The Kier molecular flexibility index (Phi) is 7.00. The zero-order valence-corrected chi connectivity index (χ0v) is 15.4. The van der Waals surface area contributed by atoms with E-state index in [1.54, 1.807) is 12.1 Å². The quantitative estimate of drug-likeness (QED) is 0.660. The molecule has 142 valence electrons. The predicted molar refractivity (Wildman–Crippen MR) is 95.3 cm³/mol. The molecule has 2 rings (SSSR count). The molecule has 27 heavy (non-hydrogen) atoms. The summed E-state index contributed by atoms with van der Waals surface area (Å²) in [5, 5.41) is 8.85. The SMILES string of the molecule is COc1cc(CCC(=O)OCc2cc(C#N)ccc2F)cc(OC)c1OC. The highest BCUT2D eigenvalue weighted by molar-refractivity contribution is 5.70. The Morgan fingerprint density at radius 3 is 2.30 bits per heavy atom. The maximum Gasteiger partial charge on any atom is 0.306 e. The van der Waals surface area contributed by atoms with Gasteiger partial charge < -0.3 is 18.9 Å². The van der Waals surface area contributed by atoms with Crippen molar-refractivity contribution in [2.24, 2.45) is 0 Å². The van der Waals surface area contributed by atoms with Gasteiger partial charge in [0.1, 0.15) is 12.4 Å². The third-order valence-electron chi connectivity index (χ3n) is 3.91. The van der Waals surface area contributed by atoms with Gasteiger partial charge in [-0.1, -0.05) is 0 Å². The van der Waals surface area contributed by atoms with E-state index in [0.717, 1.165) is 5.56 Å². The van der Waals surface area contributed by atoms with E-state index >= 15 is 0 Å². The number of hydrogen-bond donors (Lipinski definition) is 0. The number of carbonyl (C=O) groups excluding carboxylic acids is 1. The fourth-order valence-corrected chi connectivity index (χ4v) is 2.51. The molecule has 0 saturated heterocycles. The second-order valence-corrected chi connectivity index (χ2v) is 5.61. The van der Waals surface area contributed by atoms with Crippen molar-refractivity contribution >= 4 is 5.97 Å². The van der Waals surface area contributed by atoms with Crippen LogP contribution in [0, 0.1) is 17.1 Å². The standard InChI is InChI=1S/C20H20FNO5/c1-24-17-9-13(10-18(25-2)20(17)26-3)5-7-19(23)27-12-15-8-14(11-22)4-6-16(15)21/h4,6,8-10H,5,7,12H2,1-3H3. The number of esters is 1. The van der Waals surface area contributed by atoms with Crippen LogP contribution in [-0.2, 0) is 22.6 Å². The summed E-state index contributed by atoms with van der Waals surface area (Å²) in [6.45, 7) is -0.227. The summed E-state index contributed by atoms with van der Waals surface area (Å²) in [5.74, 6) is 0.460. The van der Waals surface area contributed by atoms with Crippen LogP contribution in [0.5, 0.6) is 17.2 Å². The summed E-state index contributed by atoms with van der Waals surface area (Å²) in [5.41, 5.74) is 1.27. The molecule has 0 radical (unpaired) electrons. The second-order valence-electron chi connectivity index (χ2n) is 5.61. The first-order chi connectivity index (χ1) is 13.0. The molecule has 0 N–H and O–H groups in total. The maximum atomic E-state index is 13.7. The number of methoxy groups -OCH3 is 3. The topological polar surface area (TPSA) is 77.8 Å². The van der Waals surface area contributed by atoms with Crippen LogP contribution in [0.25, 0.3) is 0 Å². The molecule has 0 unspecified atom stereocenters. The van der Waals surface area contributed by atoms with Crippen molar-refractivity contribution in [2.45, 2.75) is 19.4 Å². The molecule has 0 saturated carbocycles. The molecule has 2 aromatic rings. The zero-order valence-electron chi connectivity index (χ0n) is 15.4. The van der Waals surface area contributed by atoms with Gasteiger partial charge in [-0.15, -0.1) is 0 Å². The summed E-state index contributed by atoms with van der Waals surface area (Å²) < 4.78 is 34.6. The molecule has 0 aromatic heterocycles. The minimum Gasteiger partial charge on any atom is -0.493 e. The van der Waals surface area contributed by atoms with Crippen LogP contribution in [0.4, 0.5) is 4.39 Å². The monoisotopic (exact) mass is 373 g/mol. The predicted octanol–water partition coefficient (Wildman–Crippen LogP) is 3.40. The Bertz CT molecular complexity index is 835. The Morgan fingerprint density at radius 2 is 1.74 bits per heavy atom. The van der Waals surface area contributed by atoms with Gasteiger partial charge >= 0.3 is 5.97 Å². The number of nitrogens with zero attached hydrogens (tertiary/aromatic N) is 1. The van der Waals surface area contributed by atoms with Gasteiger partial charge in [0.2, 0.25) is 5.75 Å². The van der Waals surface area contributed by atoms with E-state index in [1.807, 2.05) is 6.07 Å². The molecular weight excluding hydrogens is 353 g/mol. The van der Waals surface area contributed by atoms with Gasteiger partial charge in [0.25, 0.3) is 0 Å². The lowest BCUT2D eigenvalue weighted by atomic mass is 10.1. The van der Waals surface area contributed by atoms with Gasteiger partial charge in [-0.25, -0.2) is 4.39 Å². The number of ether oxygens (including phenoxy) is 4. The van der Waals surface area contributed by atoms with Crippen molar-refractivity contribution in [2.75, 3.05) is 21.3 Å². The molecule has 0 bridgehead atoms. The number of nitriles is 1. The maximum absolute atomic E-state index is 13.7. The van der Waals surface area contributed by atoms with E-state index in [0.29, 0.717) is 29.2 Å². The lowest BCUT2D eigenvalue weighted by Crippen LogP contribution is -2.07. The molecule has 0 heterocycles. The highest BCUT2D eigenvalue weighted by atomic mass is 19.1. The number of rotatable bonds is 8. The van der Waals surface area contributed by atoms with Gasteiger partial charge in [-0.05, 0) is 42.3 Å². The van der Waals surface area contributed by atoms with Gasteiger partial charge in [0.15, 0.2) is 11.5 Å². The average Bonchev–Trinajstić information content (AvgIpc) is 2.70. The molecule has 0 aliphatic heterocycles. The van der Waals surface area contributed by atoms with E-state index in [-0.39, 0.29) is 18.6 Å². The first kappa shape index (κ1) is 20.0. The summed E-state index contributed by atoms with van der Waals surface area (Å²) >= 11 is 0. The molecule has 0 amide bonds. The van der Waals surface area contributed by atoms with Crippen molar-refractivity contribution in [3.63, 3.8) is 0 Å². The molecule has 0 spiro atoms. The highest BCUT2D eigenvalue weighted by Gasteiger charge is 2.14. The number of carbonyl (C=O) groups is 1. The van der Waals surface area contributed by atoms with Crippen molar-refractivity contribution in [1.82, 2.24) is 0 Å². The molecule has 0 fully saturated rings. The molecule has 2 aromatic carbocycles. The minimum atomic E-state index is -0.522. The fourth-order valence-electron chi connectivity index (χ4n) is 2.51. The second kappa shape index (κ2) is 9.43. The van der Waals surface area contributed by atoms with Crippen LogP contribution in [-0.4, -0.2) is 27.3 Å². The van der Waals surface area contributed by atoms with Crippen molar-refractivity contribution < 1.29 is 28.1 Å². The average molecular weight is 373 g/mol. The Hall–Kier alpha value is -3.27. The molecule has 6 nitrogen and oxygen atoms in total. The van der Waals surface area contributed by atoms with Crippen LogP contribution < -0.4 is 14.2 Å². The summed E-state index contributed by atoms with van der Waals surface area (Å²) in [6.07, 6.45) is 0.481. The highest BCUT2D eigenvalue weighted by Crippen LogP contribution is 2.38. The third-order valence-corrected chi connectivity index (χ3v) is 3.91. The van der Waals surface area contributed by atoms with Gasteiger partial charge in [-0.3, -0.25) is 4.79 Å². The normalized spacial score (nSPS) is 10.0. The van der Waals surface area contributed by atoms with E-state index < -0.39 is 11.8 Å². The third kappa shape index (κ3) is 5.11. The Labute approximate surface area is 157 Å². The first-order valence-corrected chi connectivity index (χ1v) is 8.15. The van der Waals surface area contributed by atoms with E-state index in [4.69, 9.17) is 24.2 Å². The molecule has 0 atom stereocenters. The lowest BCUT2D eigenvalue weighted by molar-refractivity contribution is -0.144. The van der Waals surface area contributed by atoms with Crippen molar-refractivity contribution in [1.29, 1.82) is 5.26 Å². The number of halogens is 1. The number of aryl methyl sites for hydroxylation is 1. The van der Waals surface area contributed by atoms with Crippen LogP contribution in [0.15, 0.2) is 30.3 Å². The van der Waals surface area contributed by atoms with Crippen LogP contribution in [0.3, 0.4) is 0 Å². The van der Waals surface area contributed by atoms with Gasteiger partial charge in [0, 0.05) is 12.0 Å². The first-order valence-electron chi connectivity index (χ1n) is 8.15. The summed E-state index contributed by atoms with van der Waals surface area (Å²) in [7, 11) is 4.54. The Balaban J connectivity index is 1.99. The van der Waals surface area contributed by atoms with E-state index in [9.17, 15) is 9.18 Å². The van der Waals surface area contributed by atoms with Gasteiger partial charge in [0.05, 0.1) is 33.0 Å². The van der Waals surface area contributed by atoms with Crippen LogP contribution >= 0.6 is 0 Å². The Morgan fingerprint density at radius 1 is 1.07 bits per heavy atom. The van der Waals surface area contributed by atoms with E-state index in [2.05, 4.69) is 0 Å². The molecular formula is C20H20FNO5. The number of hydrogen-bond acceptors (Lipinski definition) is 6. The zero-order chi connectivity index (χ0) is 19.8. The molecule has 0 aliphatic rings. The largest absolute Gasteiger partial charge is 0.493 e. The molecule has 7 heteroatoms. The number of benzene rings is 2. The van der Waals surface area contributed by atoms with Gasteiger partial charge in [-0.2, -0.15) is 5.26 Å². The molecule has 0 aliphatic carbocycles. The van der Waals surface area contributed by atoms with Crippen LogP contribution in [0.2, 0.25) is 0 Å². The minimum absolute atomic E-state index is 0.0954. The lowest BCUT2D eigenvalue weighted by Gasteiger charge is -2.14. The van der Waals surface area contributed by atoms with Crippen molar-refractivity contribution in [3.05, 3.63) is 52.8 Å². The van der Waals surface area contributed by atoms with Crippen LogP contribution in [0.1, 0.15) is 23.1 Å². The summed E-state index contributed by atoms with van der Waals surface area (Å²) in [4.78, 5) is 12.0. The van der Waals surface area contributed by atoms with Crippen molar-refractivity contribution in [3.8, 4) is 23.3 Å². The van der Waals surface area contributed by atoms with E-state index in [1.165, 1.54) is 39.5 Å². The smallest absolute Gasteiger partial charge is 0.306 e. The summed E-state index contributed by atoms with van der Waals surface area (Å²) in [6, 6.07) is 9.34.